The van der Waals surface area contributed by atoms with Crippen LogP contribution in [0, 0.1) is 12.3 Å². The fourth-order valence-electron chi connectivity index (χ4n) is 4.74. The predicted molar refractivity (Wildman–Crippen MR) is 105 cm³/mol. The fraction of sp³-hybridized carbons (Fsp3) is 0.591. The topological polar surface area (TPSA) is 51.0 Å². The third kappa shape index (κ3) is 3.64. The summed E-state index contributed by atoms with van der Waals surface area (Å²) in [5, 5.41) is 8.75. The minimum Gasteiger partial charge on any atom is -0.342 e. The maximum absolute atomic E-state index is 12.8. The normalized spacial score (nSPS) is 19.0. The SMILES string of the molecule is CCc1nnc2n1CCC1(CC2)CCN(C(=O)Cc2ccccc2C)CC1. The standard InChI is InChI=1S/C22H30N4O/c1-3-19-23-24-20-8-9-22(12-15-26(19)20)10-13-25(14-11-22)21(27)16-18-7-5-4-6-17(18)2/h4-7H,3,8-16H2,1-2H3. The van der Waals surface area contributed by atoms with Crippen molar-refractivity contribution in [3.8, 4) is 0 Å². The molecule has 1 fully saturated rings. The van der Waals surface area contributed by atoms with Crippen molar-refractivity contribution in [2.75, 3.05) is 13.1 Å². The van der Waals surface area contributed by atoms with Crippen LogP contribution in [0.5, 0.6) is 0 Å². The smallest absolute Gasteiger partial charge is 0.226 e. The second kappa shape index (κ2) is 7.45. The van der Waals surface area contributed by atoms with Crippen LogP contribution in [0.4, 0.5) is 0 Å². The van der Waals surface area contributed by atoms with Crippen molar-refractivity contribution in [2.45, 2.75) is 65.3 Å². The second-order valence-corrected chi connectivity index (χ2v) is 8.27. The van der Waals surface area contributed by atoms with Gasteiger partial charge < -0.3 is 9.47 Å². The Morgan fingerprint density at radius 3 is 2.56 bits per heavy atom. The molecule has 5 nitrogen and oxygen atoms in total. The van der Waals surface area contributed by atoms with Crippen LogP contribution in [0.25, 0.3) is 0 Å². The number of aromatic nitrogens is 3. The molecule has 2 aliphatic heterocycles. The van der Waals surface area contributed by atoms with Crippen molar-refractivity contribution in [3.05, 3.63) is 47.0 Å². The summed E-state index contributed by atoms with van der Waals surface area (Å²) >= 11 is 0. The lowest BCUT2D eigenvalue weighted by Gasteiger charge is -2.41. The summed E-state index contributed by atoms with van der Waals surface area (Å²) in [5.74, 6) is 2.55. The Morgan fingerprint density at radius 2 is 1.81 bits per heavy atom. The number of carbonyl (C=O) groups is 1. The molecule has 2 aromatic rings. The van der Waals surface area contributed by atoms with Gasteiger partial charge in [0.1, 0.15) is 11.6 Å². The van der Waals surface area contributed by atoms with Gasteiger partial charge in [-0.05, 0) is 49.1 Å². The number of nitrogens with zero attached hydrogens (tertiary/aromatic N) is 4. The van der Waals surface area contributed by atoms with E-state index in [1.54, 1.807) is 0 Å². The molecule has 1 saturated heterocycles. The van der Waals surface area contributed by atoms with Gasteiger partial charge in [-0.3, -0.25) is 4.79 Å². The molecule has 0 radical (unpaired) electrons. The summed E-state index contributed by atoms with van der Waals surface area (Å²) in [6.45, 7) is 7.05. The van der Waals surface area contributed by atoms with Crippen LogP contribution in [0.3, 0.4) is 0 Å². The van der Waals surface area contributed by atoms with Crippen LogP contribution in [0.1, 0.15) is 55.4 Å². The van der Waals surface area contributed by atoms with E-state index in [0.717, 1.165) is 62.5 Å². The molecule has 4 rings (SSSR count). The van der Waals surface area contributed by atoms with Crippen LogP contribution in [-0.2, 0) is 30.6 Å². The predicted octanol–water partition coefficient (Wildman–Crippen LogP) is 3.34. The second-order valence-electron chi connectivity index (χ2n) is 8.27. The Morgan fingerprint density at radius 1 is 1.07 bits per heavy atom. The van der Waals surface area contributed by atoms with Gasteiger partial charge in [-0.2, -0.15) is 0 Å². The highest BCUT2D eigenvalue weighted by molar-refractivity contribution is 5.79. The van der Waals surface area contributed by atoms with Crippen molar-refractivity contribution in [3.63, 3.8) is 0 Å². The summed E-state index contributed by atoms with van der Waals surface area (Å²) < 4.78 is 2.34. The summed E-state index contributed by atoms with van der Waals surface area (Å²) in [6.07, 6.45) is 7.09. The summed E-state index contributed by atoms with van der Waals surface area (Å²) in [7, 11) is 0. The molecule has 0 unspecified atom stereocenters. The number of hydrogen-bond donors (Lipinski definition) is 0. The van der Waals surface area contributed by atoms with Crippen LogP contribution < -0.4 is 0 Å². The van der Waals surface area contributed by atoms with Gasteiger partial charge in [0, 0.05) is 32.5 Å². The van der Waals surface area contributed by atoms with Crippen LogP contribution >= 0.6 is 0 Å². The van der Waals surface area contributed by atoms with Crippen LogP contribution in [0.15, 0.2) is 24.3 Å². The molecule has 144 valence electrons. The number of piperidine rings is 1. The van der Waals surface area contributed by atoms with Gasteiger partial charge in [-0.15, -0.1) is 10.2 Å². The first-order valence-electron chi connectivity index (χ1n) is 10.3. The molecule has 1 aromatic carbocycles. The number of benzene rings is 1. The Labute approximate surface area is 161 Å². The zero-order valence-corrected chi connectivity index (χ0v) is 16.6. The van der Waals surface area contributed by atoms with Crippen molar-refractivity contribution < 1.29 is 4.79 Å². The molecular weight excluding hydrogens is 336 g/mol. The Bertz CT molecular complexity index is 817. The minimum absolute atomic E-state index is 0.276. The number of hydrogen-bond acceptors (Lipinski definition) is 3. The van der Waals surface area contributed by atoms with E-state index in [1.807, 2.05) is 12.1 Å². The first-order valence-corrected chi connectivity index (χ1v) is 10.3. The van der Waals surface area contributed by atoms with Gasteiger partial charge in [-0.1, -0.05) is 31.2 Å². The van der Waals surface area contributed by atoms with E-state index in [9.17, 15) is 4.79 Å². The van der Waals surface area contributed by atoms with E-state index in [-0.39, 0.29) is 5.91 Å². The van der Waals surface area contributed by atoms with Crippen molar-refractivity contribution in [2.24, 2.45) is 5.41 Å². The maximum Gasteiger partial charge on any atom is 0.226 e. The Balaban J connectivity index is 1.37. The highest BCUT2D eigenvalue weighted by atomic mass is 16.2. The Hall–Kier alpha value is -2.17. The van der Waals surface area contributed by atoms with Gasteiger partial charge in [0.25, 0.3) is 0 Å². The number of aryl methyl sites for hydroxylation is 3. The number of fused-ring (bicyclic) bond motifs is 1. The largest absolute Gasteiger partial charge is 0.342 e. The number of rotatable bonds is 3. The zero-order valence-electron chi connectivity index (χ0n) is 16.6. The lowest BCUT2D eigenvalue weighted by Crippen LogP contribution is -2.44. The lowest BCUT2D eigenvalue weighted by atomic mass is 9.72. The summed E-state index contributed by atoms with van der Waals surface area (Å²) in [6, 6.07) is 8.21. The average molecular weight is 367 g/mol. The molecule has 0 N–H and O–H groups in total. The molecule has 1 aromatic heterocycles. The first kappa shape index (κ1) is 18.2. The molecule has 1 amide bonds. The van der Waals surface area contributed by atoms with E-state index < -0.39 is 0 Å². The molecule has 27 heavy (non-hydrogen) atoms. The summed E-state index contributed by atoms with van der Waals surface area (Å²) in [4.78, 5) is 14.9. The van der Waals surface area contributed by atoms with Crippen molar-refractivity contribution in [1.29, 1.82) is 0 Å². The number of amides is 1. The van der Waals surface area contributed by atoms with Crippen LogP contribution in [-0.4, -0.2) is 38.7 Å². The van der Waals surface area contributed by atoms with Crippen molar-refractivity contribution >= 4 is 5.91 Å². The van der Waals surface area contributed by atoms with Crippen LogP contribution in [0.2, 0.25) is 0 Å². The first-order chi connectivity index (χ1) is 13.1. The van der Waals surface area contributed by atoms with E-state index >= 15 is 0 Å². The lowest BCUT2D eigenvalue weighted by molar-refractivity contribution is -0.133. The maximum atomic E-state index is 12.8. The van der Waals surface area contributed by atoms with E-state index in [2.05, 4.69) is 45.6 Å². The third-order valence-electron chi connectivity index (χ3n) is 6.74. The van der Waals surface area contributed by atoms with E-state index in [4.69, 9.17) is 0 Å². The molecule has 0 aliphatic carbocycles. The van der Waals surface area contributed by atoms with Gasteiger partial charge >= 0.3 is 0 Å². The van der Waals surface area contributed by atoms with Gasteiger partial charge in [-0.25, -0.2) is 0 Å². The van der Waals surface area contributed by atoms with E-state index in [0.29, 0.717) is 11.8 Å². The molecule has 0 bridgehead atoms. The summed E-state index contributed by atoms with van der Waals surface area (Å²) in [5.41, 5.74) is 2.73. The molecule has 1 spiro atoms. The third-order valence-corrected chi connectivity index (χ3v) is 6.74. The quantitative estimate of drug-likeness (QED) is 0.837. The molecule has 2 aliphatic rings. The number of carbonyl (C=O) groups excluding carboxylic acids is 1. The molecular formula is C22H30N4O. The Kier molecular flexibility index (Phi) is 5.02. The monoisotopic (exact) mass is 366 g/mol. The minimum atomic E-state index is 0.276. The van der Waals surface area contributed by atoms with Gasteiger partial charge in [0.05, 0.1) is 6.42 Å². The zero-order chi connectivity index (χ0) is 18.9. The fourth-order valence-corrected chi connectivity index (χ4v) is 4.74. The molecule has 0 atom stereocenters. The van der Waals surface area contributed by atoms with Gasteiger partial charge in [0.15, 0.2) is 0 Å². The highest BCUT2D eigenvalue weighted by Crippen LogP contribution is 2.41. The molecule has 3 heterocycles. The highest BCUT2D eigenvalue weighted by Gasteiger charge is 2.37. The molecule has 0 saturated carbocycles. The number of likely N-dealkylation sites (tertiary alicyclic amines) is 1. The van der Waals surface area contributed by atoms with E-state index in [1.165, 1.54) is 18.4 Å². The molecule has 5 heteroatoms. The van der Waals surface area contributed by atoms with Gasteiger partial charge in [0.2, 0.25) is 5.91 Å². The van der Waals surface area contributed by atoms with Crippen molar-refractivity contribution in [1.82, 2.24) is 19.7 Å². The average Bonchev–Trinajstić information content (AvgIpc) is 3.01.